The van der Waals surface area contributed by atoms with Crippen molar-refractivity contribution >= 4 is 27.5 Å². The maximum atomic E-state index is 12.4. The fourth-order valence-corrected chi connectivity index (χ4v) is 3.76. The standard InChI is InChI=1S/C20H24N6O3S/c1-14-4-7-18(22-13-14)24-20-9-8-19(25-26-20)21-10-11-23-30(27,28)16-5-6-17(29-3)15(2)12-16/h4-9,12-13,23H,10-11H2,1-3H3,(H,21,25)(H,22,24,26). The van der Waals surface area contributed by atoms with Gasteiger partial charge >= 0.3 is 0 Å². The minimum atomic E-state index is -3.61. The molecule has 3 aromatic rings. The zero-order valence-electron chi connectivity index (χ0n) is 17.0. The second-order valence-electron chi connectivity index (χ2n) is 6.61. The molecule has 0 bridgehead atoms. The van der Waals surface area contributed by atoms with Crippen molar-refractivity contribution < 1.29 is 13.2 Å². The molecule has 2 aromatic heterocycles. The van der Waals surface area contributed by atoms with Gasteiger partial charge < -0.3 is 15.4 Å². The van der Waals surface area contributed by atoms with E-state index in [4.69, 9.17) is 4.74 Å². The highest BCUT2D eigenvalue weighted by molar-refractivity contribution is 7.89. The van der Waals surface area contributed by atoms with Crippen LogP contribution in [0.2, 0.25) is 0 Å². The maximum Gasteiger partial charge on any atom is 0.240 e. The third-order valence-electron chi connectivity index (χ3n) is 4.23. The zero-order valence-corrected chi connectivity index (χ0v) is 17.8. The van der Waals surface area contributed by atoms with Crippen LogP contribution in [-0.4, -0.2) is 43.8 Å². The van der Waals surface area contributed by atoms with Crippen LogP contribution in [0.5, 0.6) is 5.75 Å². The van der Waals surface area contributed by atoms with Crippen LogP contribution < -0.4 is 20.1 Å². The average Bonchev–Trinajstić information content (AvgIpc) is 2.74. The van der Waals surface area contributed by atoms with Gasteiger partial charge in [-0.2, -0.15) is 0 Å². The number of anilines is 3. The lowest BCUT2D eigenvalue weighted by Crippen LogP contribution is -2.29. The number of benzene rings is 1. The Labute approximate surface area is 176 Å². The minimum Gasteiger partial charge on any atom is -0.496 e. The average molecular weight is 429 g/mol. The van der Waals surface area contributed by atoms with Gasteiger partial charge in [-0.25, -0.2) is 18.1 Å². The first-order chi connectivity index (χ1) is 14.4. The molecule has 0 unspecified atom stereocenters. The number of sulfonamides is 1. The van der Waals surface area contributed by atoms with Gasteiger partial charge in [-0.05, 0) is 61.4 Å². The van der Waals surface area contributed by atoms with Crippen molar-refractivity contribution in [2.24, 2.45) is 0 Å². The molecule has 2 heterocycles. The van der Waals surface area contributed by atoms with E-state index in [1.54, 1.807) is 44.5 Å². The zero-order chi connectivity index (χ0) is 21.6. The Hall–Kier alpha value is -3.24. The number of hydrogen-bond acceptors (Lipinski definition) is 8. The summed E-state index contributed by atoms with van der Waals surface area (Å²) in [6.07, 6.45) is 1.76. The van der Waals surface area contributed by atoms with Crippen LogP contribution >= 0.6 is 0 Å². The minimum absolute atomic E-state index is 0.195. The van der Waals surface area contributed by atoms with Gasteiger partial charge in [0.2, 0.25) is 10.0 Å². The number of nitrogens with one attached hydrogen (secondary N) is 3. The summed E-state index contributed by atoms with van der Waals surface area (Å²) in [5, 5.41) is 14.3. The number of hydrogen-bond donors (Lipinski definition) is 3. The maximum absolute atomic E-state index is 12.4. The predicted octanol–water partition coefficient (Wildman–Crippen LogP) is 2.63. The third-order valence-corrected chi connectivity index (χ3v) is 5.69. The molecule has 30 heavy (non-hydrogen) atoms. The Morgan fingerprint density at radius 2 is 1.67 bits per heavy atom. The first-order valence-electron chi connectivity index (χ1n) is 9.29. The molecule has 0 saturated heterocycles. The van der Waals surface area contributed by atoms with Gasteiger partial charge in [0.1, 0.15) is 17.4 Å². The smallest absolute Gasteiger partial charge is 0.240 e. The summed E-state index contributed by atoms with van der Waals surface area (Å²) in [4.78, 5) is 4.45. The van der Waals surface area contributed by atoms with E-state index in [1.165, 1.54) is 6.07 Å². The summed E-state index contributed by atoms with van der Waals surface area (Å²) in [5.74, 6) is 2.42. The van der Waals surface area contributed by atoms with Crippen molar-refractivity contribution in [2.45, 2.75) is 18.7 Å². The van der Waals surface area contributed by atoms with Crippen molar-refractivity contribution in [1.82, 2.24) is 19.9 Å². The fourth-order valence-electron chi connectivity index (χ4n) is 2.64. The molecule has 0 radical (unpaired) electrons. The van der Waals surface area contributed by atoms with Crippen molar-refractivity contribution in [1.29, 1.82) is 0 Å². The normalized spacial score (nSPS) is 11.2. The summed E-state index contributed by atoms with van der Waals surface area (Å²) < 4.78 is 32.5. The van der Waals surface area contributed by atoms with Gasteiger partial charge in [-0.1, -0.05) is 6.07 Å². The number of pyridine rings is 1. The molecule has 9 nitrogen and oxygen atoms in total. The van der Waals surface area contributed by atoms with E-state index in [0.717, 1.165) is 11.1 Å². The van der Waals surface area contributed by atoms with Gasteiger partial charge in [0.15, 0.2) is 5.82 Å². The number of rotatable bonds is 9. The molecule has 0 aliphatic heterocycles. The topological polar surface area (TPSA) is 118 Å². The fraction of sp³-hybridized carbons (Fsp3) is 0.250. The van der Waals surface area contributed by atoms with Gasteiger partial charge in [0.05, 0.1) is 12.0 Å². The van der Waals surface area contributed by atoms with Crippen LogP contribution in [0.1, 0.15) is 11.1 Å². The lowest BCUT2D eigenvalue weighted by Gasteiger charge is -2.10. The lowest BCUT2D eigenvalue weighted by atomic mass is 10.2. The molecular weight excluding hydrogens is 404 g/mol. The summed E-state index contributed by atoms with van der Waals surface area (Å²) in [5.41, 5.74) is 1.83. The Balaban J connectivity index is 1.49. The SMILES string of the molecule is COc1ccc(S(=O)(=O)NCCNc2ccc(Nc3ccc(C)cn3)nn2)cc1C. The summed E-state index contributed by atoms with van der Waals surface area (Å²) in [6.45, 7) is 4.32. The van der Waals surface area contributed by atoms with Gasteiger partial charge in [-0.15, -0.1) is 10.2 Å². The van der Waals surface area contributed by atoms with Crippen molar-refractivity contribution in [3.05, 3.63) is 59.8 Å². The van der Waals surface area contributed by atoms with Gasteiger partial charge in [0, 0.05) is 19.3 Å². The molecule has 0 aliphatic carbocycles. The first kappa shape index (κ1) is 21.5. The van der Waals surface area contributed by atoms with Crippen molar-refractivity contribution in [3.8, 4) is 5.75 Å². The first-order valence-corrected chi connectivity index (χ1v) is 10.8. The summed E-state index contributed by atoms with van der Waals surface area (Å²) in [6, 6.07) is 12.1. The quantitative estimate of drug-likeness (QED) is 0.445. The van der Waals surface area contributed by atoms with E-state index in [9.17, 15) is 8.42 Å². The number of ether oxygens (including phenoxy) is 1. The second kappa shape index (κ2) is 9.51. The third kappa shape index (κ3) is 5.65. The van der Waals surface area contributed by atoms with E-state index < -0.39 is 10.0 Å². The van der Waals surface area contributed by atoms with E-state index in [0.29, 0.717) is 29.7 Å². The molecule has 1 aromatic carbocycles. The lowest BCUT2D eigenvalue weighted by molar-refractivity contribution is 0.411. The molecule has 10 heteroatoms. The molecule has 0 fully saturated rings. The molecule has 3 N–H and O–H groups in total. The largest absolute Gasteiger partial charge is 0.496 e. The van der Waals surface area contributed by atoms with Crippen LogP contribution in [0.3, 0.4) is 0 Å². The number of methoxy groups -OCH3 is 1. The van der Waals surface area contributed by atoms with E-state index >= 15 is 0 Å². The Bertz CT molecular complexity index is 1090. The second-order valence-corrected chi connectivity index (χ2v) is 8.37. The van der Waals surface area contributed by atoms with Crippen LogP contribution in [0.15, 0.2) is 53.6 Å². The van der Waals surface area contributed by atoms with E-state index in [1.807, 2.05) is 19.1 Å². The molecular formula is C20H24N6O3S. The van der Waals surface area contributed by atoms with Crippen LogP contribution in [0.4, 0.5) is 17.5 Å². The number of aromatic nitrogens is 3. The van der Waals surface area contributed by atoms with Crippen LogP contribution in [-0.2, 0) is 10.0 Å². The number of nitrogens with zero attached hydrogens (tertiary/aromatic N) is 3. The molecule has 0 saturated carbocycles. The Kier molecular flexibility index (Phi) is 6.80. The summed E-state index contributed by atoms with van der Waals surface area (Å²) >= 11 is 0. The highest BCUT2D eigenvalue weighted by Gasteiger charge is 2.14. The number of aryl methyl sites for hydroxylation is 2. The highest BCUT2D eigenvalue weighted by atomic mass is 32.2. The predicted molar refractivity (Wildman–Crippen MR) is 116 cm³/mol. The molecule has 0 atom stereocenters. The Morgan fingerprint density at radius 3 is 2.30 bits per heavy atom. The summed E-state index contributed by atoms with van der Waals surface area (Å²) in [7, 11) is -2.06. The van der Waals surface area contributed by atoms with Crippen molar-refractivity contribution in [2.75, 3.05) is 30.8 Å². The highest BCUT2D eigenvalue weighted by Crippen LogP contribution is 2.21. The van der Waals surface area contributed by atoms with E-state index in [2.05, 4.69) is 30.5 Å². The van der Waals surface area contributed by atoms with Gasteiger partial charge in [-0.3, -0.25) is 0 Å². The molecule has 0 spiro atoms. The monoisotopic (exact) mass is 428 g/mol. The molecule has 3 rings (SSSR count). The molecule has 158 valence electrons. The van der Waals surface area contributed by atoms with Crippen LogP contribution in [0, 0.1) is 13.8 Å². The van der Waals surface area contributed by atoms with Gasteiger partial charge in [0.25, 0.3) is 0 Å². The van der Waals surface area contributed by atoms with Crippen LogP contribution in [0.25, 0.3) is 0 Å². The Morgan fingerprint density at radius 1 is 0.933 bits per heavy atom. The van der Waals surface area contributed by atoms with E-state index in [-0.39, 0.29) is 11.4 Å². The molecule has 0 aliphatic rings. The molecule has 0 amide bonds. The van der Waals surface area contributed by atoms with Crippen molar-refractivity contribution in [3.63, 3.8) is 0 Å².